The molecule has 0 radical (unpaired) electrons. The van der Waals surface area contributed by atoms with E-state index in [0.29, 0.717) is 45.7 Å². The molecule has 1 atom stereocenters. The van der Waals surface area contributed by atoms with Crippen molar-refractivity contribution in [3.05, 3.63) is 82.2 Å². The van der Waals surface area contributed by atoms with Gasteiger partial charge in [-0.15, -0.1) is 0 Å². The van der Waals surface area contributed by atoms with Crippen LogP contribution in [0.25, 0.3) is 10.9 Å². The highest BCUT2D eigenvalue weighted by atomic mass is 35.5. The summed E-state index contributed by atoms with van der Waals surface area (Å²) in [5.74, 6) is 1.22. The van der Waals surface area contributed by atoms with Crippen LogP contribution in [0.15, 0.2) is 49.1 Å². The van der Waals surface area contributed by atoms with Crippen LogP contribution in [0.1, 0.15) is 35.0 Å². The standard InChI is InChI=1S/C26H28ClN5O2/c1-16-12-32(13-16)14-21-24(27)20-9-18(7-8-22(20)30-25(21)34-4)26(33,23-11-28-15-31(23)3)19-6-5-17(2)29-10-19/h5-11,15-16,33H,12-14H2,1-4H3. The Bertz CT molecular complexity index is 1350. The minimum absolute atomic E-state index is 0.537. The van der Waals surface area contributed by atoms with E-state index in [0.717, 1.165) is 29.7 Å². The van der Waals surface area contributed by atoms with Gasteiger partial charge in [-0.3, -0.25) is 9.88 Å². The van der Waals surface area contributed by atoms with Gasteiger partial charge >= 0.3 is 0 Å². The predicted octanol–water partition coefficient (Wildman–Crippen LogP) is 4.07. The van der Waals surface area contributed by atoms with Crippen LogP contribution in [0.4, 0.5) is 0 Å². The zero-order valence-electron chi connectivity index (χ0n) is 19.8. The Morgan fingerprint density at radius 1 is 1.18 bits per heavy atom. The van der Waals surface area contributed by atoms with Crippen molar-refractivity contribution >= 4 is 22.5 Å². The molecule has 4 heterocycles. The molecule has 0 amide bonds. The fourth-order valence-electron chi connectivity index (χ4n) is 4.80. The van der Waals surface area contributed by atoms with Gasteiger partial charge in [0.1, 0.15) is 0 Å². The summed E-state index contributed by atoms with van der Waals surface area (Å²) in [7, 11) is 3.48. The molecular weight excluding hydrogens is 450 g/mol. The molecule has 0 aliphatic carbocycles. The van der Waals surface area contributed by atoms with Gasteiger partial charge in [-0.25, -0.2) is 9.97 Å². The van der Waals surface area contributed by atoms with Crippen molar-refractivity contribution in [1.29, 1.82) is 0 Å². The Morgan fingerprint density at radius 2 is 1.94 bits per heavy atom. The SMILES string of the molecule is COc1nc2ccc(C(O)(c3ccc(C)nc3)c3cncn3C)cc2c(Cl)c1CN1CC(C)C1. The number of nitrogens with zero attached hydrogens (tertiary/aromatic N) is 5. The van der Waals surface area contributed by atoms with E-state index in [9.17, 15) is 5.11 Å². The number of benzene rings is 1. The highest BCUT2D eigenvalue weighted by Crippen LogP contribution is 2.40. The molecule has 1 unspecified atom stereocenters. The van der Waals surface area contributed by atoms with Crippen LogP contribution in [0.3, 0.4) is 0 Å². The van der Waals surface area contributed by atoms with Crippen LogP contribution >= 0.6 is 11.6 Å². The van der Waals surface area contributed by atoms with Crippen molar-refractivity contribution in [2.45, 2.75) is 26.0 Å². The number of hydrogen-bond acceptors (Lipinski definition) is 6. The van der Waals surface area contributed by atoms with Crippen molar-refractivity contribution in [3.8, 4) is 5.88 Å². The van der Waals surface area contributed by atoms with Crippen molar-refractivity contribution < 1.29 is 9.84 Å². The number of ether oxygens (including phenoxy) is 1. The fraction of sp³-hybridized carbons (Fsp3) is 0.346. The molecule has 5 rings (SSSR count). The van der Waals surface area contributed by atoms with Crippen LogP contribution in [0, 0.1) is 12.8 Å². The molecule has 1 fully saturated rings. The molecule has 1 saturated heterocycles. The lowest BCUT2D eigenvalue weighted by molar-refractivity contribution is 0.103. The predicted molar refractivity (Wildman–Crippen MR) is 132 cm³/mol. The molecule has 1 aliphatic heterocycles. The van der Waals surface area contributed by atoms with E-state index < -0.39 is 5.60 Å². The van der Waals surface area contributed by atoms with Gasteiger partial charge in [0.15, 0.2) is 5.60 Å². The molecule has 0 spiro atoms. The summed E-state index contributed by atoms with van der Waals surface area (Å²) in [4.78, 5) is 15.7. The number of pyridine rings is 2. The molecule has 1 N–H and O–H groups in total. The Labute approximate surface area is 204 Å². The van der Waals surface area contributed by atoms with Crippen LogP contribution in [0.5, 0.6) is 5.88 Å². The van der Waals surface area contributed by atoms with E-state index in [-0.39, 0.29) is 0 Å². The van der Waals surface area contributed by atoms with E-state index in [1.54, 1.807) is 25.8 Å². The lowest BCUT2D eigenvalue weighted by Crippen LogP contribution is -2.44. The molecule has 34 heavy (non-hydrogen) atoms. The highest BCUT2D eigenvalue weighted by molar-refractivity contribution is 6.36. The number of halogens is 1. The second-order valence-electron chi connectivity index (χ2n) is 9.23. The molecule has 8 heteroatoms. The minimum Gasteiger partial charge on any atom is -0.481 e. The van der Waals surface area contributed by atoms with E-state index in [4.69, 9.17) is 21.3 Å². The number of aryl methyl sites for hydroxylation is 2. The summed E-state index contributed by atoms with van der Waals surface area (Å²) < 4.78 is 7.41. The van der Waals surface area contributed by atoms with Crippen LogP contribution in [0.2, 0.25) is 5.02 Å². The quantitative estimate of drug-likeness (QED) is 0.451. The molecule has 1 aliphatic rings. The molecule has 3 aromatic heterocycles. The summed E-state index contributed by atoms with van der Waals surface area (Å²) in [6.45, 7) is 6.88. The number of aromatic nitrogens is 4. The first kappa shape index (κ1) is 22.8. The maximum Gasteiger partial charge on any atom is 0.219 e. The van der Waals surface area contributed by atoms with Crippen molar-refractivity contribution in [2.24, 2.45) is 13.0 Å². The maximum atomic E-state index is 12.2. The zero-order chi connectivity index (χ0) is 24.0. The first-order chi connectivity index (χ1) is 16.3. The number of hydrogen-bond donors (Lipinski definition) is 1. The second-order valence-corrected chi connectivity index (χ2v) is 9.61. The summed E-state index contributed by atoms with van der Waals surface area (Å²) in [6, 6.07) is 9.44. The molecule has 7 nitrogen and oxygen atoms in total. The minimum atomic E-state index is -1.48. The van der Waals surface area contributed by atoms with Gasteiger partial charge in [0.05, 0.1) is 35.9 Å². The monoisotopic (exact) mass is 477 g/mol. The third-order valence-electron chi connectivity index (χ3n) is 6.63. The Kier molecular flexibility index (Phi) is 5.80. The van der Waals surface area contributed by atoms with E-state index in [2.05, 4.69) is 21.8 Å². The normalized spacial score (nSPS) is 16.4. The van der Waals surface area contributed by atoms with Crippen LogP contribution in [-0.2, 0) is 19.2 Å². The van der Waals surface area contributed by atoms with Gasteiger partial charge in [0.25, 0.3) is 0 Å². The number of imidazole rings is 1. The topological polar surface area (TPSA) is 76.3 Å². The first-order valence-corrected chi connectivity index (χ1v) is 11.7. The molecular formula is C26H28ClN5O2. The first-order valence-electron chi connectivity index (χ1n) is 11.3. The van der Waals surface area contributed by atoms with Crippen molar-refractivity contribution in [3.63, 3.8) is 0 Å². The Balaban J connectivity index is 1.68. The number of methoxy groups -OCH3 is 1. The highest BCUT2D eigenvalue weighted by Gasteiger charge is 2.37. The van der Waals surface area contributed by atoms with Crippen molar-refractivity contribution in [2.75, 3.05) is 20.2 Å². The fourth-order valence-corrected chi connectivity index (χ4v) is 5.10. The van der Waals surface area contributed by atoms with Crippen LogP contribution < -0.4 is 4.74 Å². The number of rotatable bonds is 6. The maximum absolute atomic E-state index is 12.2. The van der Waals surface area contributed by atoms with Gasteiger partial charge < -0.3 is 14.4 Å². The Hall–Kier alpha value is -3.00. The molecule has 0 saturated carbocycles. The van der Waals surface area contributed by atoms with Gasteiger partial charge in [-0.1, -0.05) is 30.7 Å². The zero-order valence-corrected chi connectivity index (χ0v) is 20.5. The summed E-state index contributed by atoms with van der Waals surface area (Å²) in [6.07, 6.45) is 5.06. The van der Waals surface area contributed by atoms with Gasteiger partial charge in [0, 0.05) is 55.1 Å². The van der Waals surface area contributed by atoms with Gasteiger partial charge in [-0.05, 0) is 36.6 Å². The Morgan fingerprint density at radius 3 is 2.56 bits per heavy atom. The average Bonchev–Trinajstić information content (AvgIpc) is 3.25. The number of likely N-dealkylation sites (tertiary alicyclic amines) is 1. The van der Waals surface area contributed by atoms with E-state index >= 15 is 0 Å². The van der Waals surface area contributed by atoms with E-state index in [1.807, 2.05) is 48.9 Å². The number of aliphatic hydroxyl groups is 1. The van der Waals surface area contributed by atoms with Crippen LogP contribution in [-0.4, -0.2) is 49.7 Å². The number of fused-ring (bicyclic) bond motifs is 1. The molecule has 1 aromatic carbocycles. The largest absolute Gasteiger partial charge is 0.481 e. The molecule has 0 bridgehead atoms. The summed E-state index contributed by atoms with van der Waals surface area (Å²) in [5, 5.41) is 13.6. The third kappa shape index (κ3) is 3.74. The van der Waals surface area contributed by atoms with Crippen molar-refractivity contribution in [1.82, 2.24) is 24.4 Å². The lowest BCUT2D eigenvalue weighted by Gasteiger charge is -2.37. The van der Waals surface area contributed by atoms with Gasteiger partial charge in [0.2, 0.25) is 5.88 Å². The van der Waals surface area contributed by atoms with Gasteiger partial charge in [-0.2, -0.15) is 0 Å². The summed E-state index contributed by atoms with van der Waals surface area (Å²) in [5.41, 5.74) is 2.91. The average molecular weight is 478 g/mol. The molecule has 4 aromatic rings. The lowest BCUT2D eigenvalue weighted by atomic mass is 9.83. The summed E-state index contributed by atoms with van der Waals surface area (Å²) >= 11 is 6.97. The van der Waals surface area contributed by atoms with E-state index in [1.165, 1.54) is 0 Å². The third-order valence-corrected chi connectivity index (χ3v) is 7.06. The molecule has 176 valence electrons. The second kappa shape index (κ2) is 8.65. The smallest absolute Gasteiger partial charge is 0.219 e.